The Morgan fingerprint density at radius 3 is 1.92 bits per heavy atom. The van der Waals surface area contributed by atoms with Crippen molar-refractivity contribution in [2.45, 2.75) is 13.8 Å². The van der Waals surface area contributed by atoms with Crippen molar-refractivity contribution in [2.24, 2.45) is 0 Å². The molecule has 0 amide bonds. The number of hydrogen-bond donors (Lipinski definition) is 1. The quantitative estimate of drug-likeness (QED) is 0.786. The Bertz CT molecular complexity index is 274. The molecule has 1 aromatic carbocycles. The molecule has 0 aliphatic rings. The van der Waals surface area contributed by atoms with Crippen LogP contribution in [0.2, 0.25) is 0 Å². The number of rotatable bonds is 1. The second-order valence-corrected chi connectivity index (χ2v) is 2.68. The van der Waals surface area contributed by atoms with Crippen LogP contribution >= 0.6 is 0 Å². The van der Waals surface area contributed by atoms with Crippen molar-refractivity contribution in [3.63, 3.8) is 0 Å². The van der Waals surface area contributed by atoms with E-state index in [0.717, 1.165) is 11.1 Å². The predicted molar refractivity (Wildman–Crippen MR) is 42.9 cm³/mol. The second-order valence-electron chi connectivity index (χ2n) is 2.68. The van der Waals surface area contributed by atoms with Gasteiger partial charge < -0.3 is 5.11 Å². The minimum atomic E-state index is -0.864. The van der Waals surface area contributed by atoms with Gasteiger partial charge in [-0.05, 0) is 26.0 Å². The first-order chi connectivity index (χ1) is 5.09. The third-order valence-electron chi connectivity index (χ3n) is 1.47. The predicted octanol–water partition coefficient (Wildman–Crippen LogP) is 2.00. The van der Waals surface area contributed by atoms with E-state index in [9.17, 15) is 4.79 Å². The Labute approximate surface area is 91.8 Å². The molecular weight excluding hydrogens is 253 g/mol. The van der Waals surface area contributed by atoms with Gasteiger partial charge in [0.1, 0.15) is 0 Å². The van der Waals surface area contributed by atoms with Crippen LogP contribution in [0.3, 0.4) is 0 Å². The summed E-state index contributed by atoms with van der Waals surface area (Å²) in [4.78, 5) is 10.5. The van der Waals surface area contributed by atoms with Gasteiger partial charge in [-0.1, -0.05) is 17.2 Å². The number of aromatic carboxylic acids is 1. The van der Waals surface area contributed by atoms with Crippen LogP contribution in [0.5, 0.6) is 0 Å². The van der Waals surface area contributed by atoms with E-state index in [-0.39, 0.29) is 27.3 Å². The van der Waals surface area contributed by atoms with Crippen LogP contribution < -0.4 is 0 Å². The van der Waals surface area contributed by atoms with Crippen LogP contribution in [0.15, 0.2) is 18.2 Å². The fourth-order valence-corrected chi connectivity index (χ4v) is 1.10. The molecule has 0 aromatic heterocycles. The zero-order valence-corrected chi connectivity index (χ0v) is 11.3. The van der Waals surface area contributed by atoms with E-state index >= 15 is 0 Å². The van der Waals surface area contributed by atoms with Crippen LogP contribution in [-0.4, -0.2) is 11.1 Å². The molecule has 12 heavy (non-hydrogen) atoms. The first-order valence-corrected chi connectivity index (χ1v) is 3.41. The molecule has 1 N–H and O–H groups in total. The van der Waals surface area contributed by atoms with E-state index in [1.165, 1.54) is 0 Å². The maximum atomic E-state index is 10.5. The van der Waals surface area contributed by atoms with E-state index in [0.29, 0.717) is 5.56 Å². The molecule has 1 rings (SSSR count). The van der Waals surface area contributed by atoms with Gasteiger partial charge in [0, 0.05) is 27.3 Å². The normalized spacial score (nSPS) is 8.83. The number of carbonyl (C=O) groups is 1. The van der Waals surface area contributed by atoms with Crippen molar-refractivity contribution < 1.29 is 37.2 Å². The molecule has 60 valence electrons. The zero-order valence-electron chi connectivity index (χ0n) is 7.29. The molecule has 0 saturated heterocycles. The van der Waals surface area contributed by atoms with Crippen molar-refractivity contribution in [2.75, 3.05) is 0 Å². The van der Waals surface area contributed by atoms with Crippen LogP contribution in [0.25, 0.3) is 0 Å². The van der Waals surface area contributed by atoms with E-state index in [1.807, 2.05) is 19.9 Å². The summed E-state index contributed by atoms with van der Waals surface area (Å²) < 4.78 is 0. The third kappa shape index (κ3) is 2.92. The van der Waals surface area contributed by atoms with Crippen molar-refractivity contribution >= 4 is 5.97 Å². The van der Waals surface area contributed by atoms with Crippen molar-refractivity contribution in [3.05, 3.63) is 34.9 Å². The minimum absolute atomic E-state index is 0. The Balaban J connectivity index is 0.00000121. The van der Waals surface area contributed by atoms with Crippen molar-refractivity contribution in [1.82, 2.24) is 0 Å². The molecule has 0 spiro atoms. The fourth-order valence-electron chi connectivity index (χ4n) is 1.10. The first-order valence-electron chi connectivity index (χ1n) is 3.41. The van der Waals surface area contributed by atoms with E-state index < -0.39 is 5.97 Å². The summed E-state index contributed by atoms with van der Waals surface area (Å²) in [7, 11) is 0. The standard InChI is InChI=1S/C9H10O2.Cd/c1-6-3-7(2)5-8(4-6)9(10)11;/h3-5H,1-2H3,(H,10,11);. The molecule has 0 unspecified atom stereocenters. The molecule has 0 atom stereocenters. The minimum Gasteiger partial charge on any atom is -0.478 e. The second kappa shape index (κ2) is 4.59. The van der Waals surface area contributed by atoms with Crippen LogP contribution in [-0.2, 0) is 27.3 Å². The van der Waals surface area contributed by atoms with Crippen molar-refractivity contribution in [3.8, 4) is 0 Å². The van der Waals surface area contributed by atoms with Crippen LogP contribution in [0.4, 0.5) is 0 Å². The molecule has 0 aliphatic heterocycles. The van der Waals surface area contributed by atoms with E-state index in [1.54, 1.807) is 12.1 Å². The Morgan fingerprint density at radius 2 is 1.58 bits per heavy atom. The van der Waals surface area contributed by atoms with E-state index in [4.69, 9.17) is 5.11 Å². The maximum Gasteiger partial charge on any atom is 0.335 e. The van der Waals surface area contributed by atoms with Crippen LogP contribution in [0.1, 0.15) is 21.5 Å². The van der Waals surface area contributed by atoms with Gasteiger partial charge in [0.05, 0.1) is 5.56 Å². The Hall–Kier alpha value is -0.388. The molecular formula is C9H10CdO2. The van der Waals surface area contributed by atoms with Gasteiger partial charge in [0.25, 0.3) is 0 Å². The summed E-state index contributed by atoms with van der Waals surface area (Å²) in [6, 6.07) is 5.27. The topological polar surface area (TPSA) is 37.3 Å². The smallest absolute Gasteiger partial charge is 0.335 e. The van der Waals surface area contributed by atoms with Crippen molar-refractivity contribution in [1.29, 1.82) is 0 Å². The first kappa shape index (κ1) is 11.6. The van der Waals surface area contributed by atoms with Gasteiger partial charge in [-0.2, -0.15) is 0 Å². The Morgan fingerprint density at radius 1 is 1.17 bits per heavy atom. The van der Waals surface area contributed by atoms with Gasteiger partial charge in [0.2, 0.25) is 0 Å². The molecule has 2 nitrogen and oxygen atoms in total. The monoisotopic (exact) mass is 264 g/mol. The van der Waals surface area contributed by atoms with Gasteiger partial charge >= 0.3 is 5.97 Å². The molecule has 0 heterocycles. The summed E-state index contributed by atoms with van der Waals surface area (Å²) in [5, 5.41) is 8.63. The fraction of sp³-hybridized carbons (Fsp3) is 0.222. The summed E-state index contributed by atoms with van der Waals surface area (Å²) >= 11 is 0. The summed E-state index contributed by atoms with van der Waals surface area (Å²) in [6.45, 7) is 3.78. The third-order valence-corrected chi connectivity index (χ3v) is 1.47. The summed E-state index contributed by atoms with van der Waals surface area (Å²) in [6.07, 6.45) is 0. The van der Waals surface area contributed by atoms with E-state index in [2.05, 4.69) is 0 Å². The summed E-state index contributed by atoms with van der Waals surface area (Å²) in [5.74, 6) is -0.864. The number of benzene rings is 1. The number of carboxylic acids is 1. The van der Waals surface area contributed by atoms with Gasteiger partial charge in [0.15, 0.2) is 0 Å². The SMILES string of the molecule is Cc1cc(C)cc(C(=O)O)c1.[Cd]. The number of carboxylic acid groups (broad SMARTS) is 1. The molecule has 0 fully saturated rings. The van der Waals surface area contributed by atoms with Crippen LogP contribution in [0, 0.1) is 13.8 Å². The number of hydrogen-bond acceptors (Lipinski definition) is 1. The number of aryl methyl sites for hydroxylation is 2. The molecule has 3 heteroatoms. The molecule has 0 radical (unpaired) electrons. The largest absolute Gasteiger partial charge is 0.478 e. The molecule has 0 saturated carbocycles. The molecule has 0 bridgehead atoms. The average molecular weight is 263 g/mol. The molecule has 1 aromatic rings. The molecule has 0 aliphatic carbocycles. The Kier molecular flexibility index (Phi) is 4.44. The van der Waals surface area contributed by atoms with Gasteiger partial charge in [-0.3, -0.25) is 0 Å². The van der Waals surface area contributed by atoms with Gasteiger partial charge in [-0.25, -0.2) is 4.79 Å². The average Bonchev–Trinajstić information content (AvgIpc) is 1.85. The maximum absolute atomic E-state index is 10.5. The van der Waals surface area contributed by atoms with Gasteiger partial charge in [-0.15, -0.1) is 0 Å². The summed E-state index contributed by atoms with van der Waals surface area (Å²) in [5.41, 5.74) is 2.34. The zero-order chi connectivity index (χ0) is 8.43.